The number of likely N-dealkylation sites (tertiary alicyclic amines) is 1. The predicted octanol–water partition coefficient (Wildman–Crippen LogP) is 1.11. The Balaban J connectivity index is 1.67. The van der Waals surface area contributed by atoms with Crippen LogP contribution in [-0.2, 0) is 9.59 Å². The lowest BCUT2D eigenvalue weighted by molar-refractivity contribution is -0.150. The van der Waals surface area contributed by atoms with Crippen LogP contribution < -0.4 is 0 Å². The molecule has 3 rings (SSSR count). The molecule has 0 radical (unpaired) electrons. The van der Waals surface area contributed by atoms with Gasteiger partial charge in [-0.15, -0.1) is 0 Å². The van der Waals surface area contributed by atoms with Gasteiger partial charge in [0.05, 0.1) is 0 Å². The monoisotopic (exact) mass is 223 g/mol. The van der Waals surface area contributed by atoms with Crippen molar-refractivity contribution < 1.29 is 14.7 Å². The van der Waals surface area contributed by atoms with E-state index in [2.05, 4.69) is 0 Å². The molecule has 0 bridgehead atoms. The largest absolute Gasteiger partial charge is 0.480 e. The minimum Gasteiger partial charge on any atom is -0.480 e. The summed E-state index contributed by atoms with van der Waals surface area (Å²) in [6, 6.07) is -0.551. The van der Waals surface area contributed by atoms with Gasteiger partial charge < -0.3 is 10.0 Å². The second kappa shape index (κ2) is 3.47. The Morgan fingerprint density at radius 2 is 1.81 bits per heavy atom. The lowest BCUT2D eigenvalue weighted by Crippen LogP contribution is -2.43. The Bertz CT molecular complexity index is 331. The standard InChI is InChI=1S/C12H17NO3/c14-11(9-5-7-4-8(7)6-9)13-3-1-2-10(13)12(15)16/h7-10H,1-6H2,(H,15,16). The van der Waals surface area contributed by atoms with Gasteiger partial charge in [-0.05, 0) is 43.9 Å². The Labute approximate surface area is 94.6 Å². The quantitative estimate of drug-likeness (QED) is 0.763. The van der Waals surface area contributed by atoms with E-state index < -0.39 is 12.0 Å². The summed E-state index contributed by atoms with van der Waals surface area (Å²) in [4.78, 5) is 24.8. The van der Waals surface area contributed by atoms with Gasteiger partial charge in [-0.2, -0.15) is 0 Å². The number of nitrogens with zero attached hydrogens (tertiary/aromatic N) is 1. The van der Waals surface area contributed by atoms with Gasteiger partial charge in [0, 0.05) is 12.5 Å². The molecular weight excluding hydrogens is 206 g/mol. The molecule has 1 aliphatic heterocycles. The summed E-state index contributed by atoms with van der Waals surface area (Å²) in [6.07, 6.45) is 4.77. The minimum absolute atomic E-state index is 0.108. The fourth-order valence-electron chi connectivity index (χ4n) is 3.44. The van der Waals surface area contributed by atoms with Gasteiger partial charge in [0.2, 0.25) is 5.91 Å². The summed E-state index contributed by atoms with van der Waals surface area (Å²) in [5, 5.41) is 9.04. The van der Waals surface area contributed by atoms with Crippen LogP contribution in [0.3, 0.4) is 0 Å². The zero-order valence-electron chi connectivity index (χ0n) is 9.26. The van der Waals surface area contributed by atoms with Gasteiger partial charge in [0.15, 0.2) is 0 Å². The molecule has 0 aromatic heterocycles. The molecule has 4 nitrogen and oxygen atoms in total. The van der Waals surface area contributed by atoms with Crippen LogP contribution in [0.5, 0.6) is 0 Å². The van der Waals surface area contributed by atoms with E-state index in [9.17, 15) is 9.59 Å². The number of hydrogen-bond acceptors (Lipinski definition) is 2. The van der Waals surface area contributed by atoms with E-state index in [0.29, 0.717) is 13.0 Å². The number of carboxylic acids is 1. The van der Waals surface area contributed by atoms with Gasteiger partial charge in [-0.1, -0.05) is 0 Å². The van der Waals surface area contributed by atoms with E-state index in [1.807, 2.05) is 0 Å². The van der Waals surface area contributed by atoms with Gasteiger partial charge in [-0.25, -0.2) is 4.79 Å². The molecule has 1 heterocycles. The van der Waals surface area contributed by atoms with Crippen LogP contribution in [-0.4, -0.2) is 34.5 Å². The van der Waals surface area contributed by atoms with E-state index in [1.165, 1.54) is 6.42 Å². The summed E-state index contributed by atoms with van der Waals surface area (Å²) in [5.41, 5.74) is 0. The summed E-state index contributed by atoms with van der Waals surface area (Å²) in [6.45, 7) is 0.641. The number of carboxylic acid groups (broad SMARTS) is 1. The summed E-state index contributed by atoms with van der Waals surface area (Å²) >= 11 is 0. The van der Waals surface area contributed by atoms with Crippen molar-refractivity contribution in [1.29, 1.82) is 0 Å². The van der Waals surface area contributed by atoms with E-state index in [4.69, 9.17) is 5.11 Å². The van der Waals surface area contributed by atoms with Crippen LogP contribution in [0.1, 0.15) is 32.1 Å². The maximum Gasteiger partial charge on any atom is 0.326 e. The molecule has 2 saturated carbocycles. The van der Waals surface area contributed by atoms with Crippen LogP contribution >= 0.6 is 0 Å². The van der Waals surface area contributed by atoms with Crippen molar-refractivity contribution in [2.45, 2.75) is 38.1 Å². The van der Waals surface area contributed by atoms with Crippen LogP contribution in [0.25, 0.3) is 0 Å². The van der Waals surface area contributed by atoms with Crippen molar-refractivity contribution in [2.24, 2.45) is 17.8 Å². The summed E-state index contributed by atoms with van der Waals surface area (Å²) in [7, 11) is 0. The van der Waals surface area contributed by atoms with Crippen LogP contribution in [0.2, 0.25) is 0 Å². The van der Waals surface area contributed by atoms with Crippen LogP contribution in [0.15, 0.2) is 0 Å². The average Bonchev–Trinajstić information content (AvgIpc) is 2.72. The highest BCUT2D eigenvalue weighted by Gasteiger charge is 2.50. The third kappa shape index (κ3) is 1.51. The molecule has 3 aliphatic rings. The van der Waals surface area contributed by atoms with Crippen LogP contribution in [0, 0.1) is 17.8 Å². The first-order valence-corrected chi connectivity index (χ1v) is 6.20. The second-order valence-electron chi connectivity index (χ2n) is 5.45. The first-order valence-electron chi connectivity index (χ1n) is 6.20. The average molecular weight is 223 g/mol. The smallest absolute Gasteiger partial charge is 0.326 e. The second-order valence-corrected chi connectivity index (χ2v) is 5.45. The van der Waals surface area contributed by atoms with Crippen molar-refractivity contribution >= 4 is 11.9 Å². The topological polar surface area (TPSA) is 57.6 Å². The van der Waals surface area contributed by atoms with Crippen molar-refractivity contribution in [3.63, 3.8) is 0 Å². The molecule has 88 valence electrons. The number of aliphatic carboxylic acids is 1. The number of fused-ring (bicyclic) bond motifs is 1. The summed E-state index contributed by atoms with van der Waals surface area (Å²) < 4.78 is 0. The maximum atomic E-state index is 12.2. The highest BCUT2D eigenvalue weighted by Crippen LogP contribution is 2.54. The molecule has 0 aromatic rings. The lowest BCUT2D eigenvalue weighted by Gasteiger charge is -2.25. The zero-order valence-corrected chi connectivity index (χ0v) is 9.26. The van der Waals surface area contributed by atoms with E-state index in [1.54, 1.807) is 4.90 Å². The van der Waals surface area contributed by atoms with E-state index in [0.717, 1.165) is 31.1 Å². The molecule has 4 heteroatoms. The third-order valence-corrected chi connectivity index (χ3v) is 4.41. The molecule has 1 amide bonds. The fourth-order valence-corrected chi connectivity index (χ4v) is 3.44. The number of hydrogen-bond donors (Lipinski definition) is 1. The fraction of sp³-hybridized carbons (Fsp3) is 0.833. The first kappa shape index (κ1) is 10.1. The Morgan fingerprint density at radius 3 is 2.44 bits per heavy atom. The molecule has 0 spiro atoms. The maximum absolute atomic E-state index is 12.2. The highest BCUT2D eigenvalue weighted by atomic mass is 16.4. The SMILES string of the molecule is O=C(O)C1CCCN1C(=O)C1CC2CC2C1. The normalized spacial score (nSPS) is 40.9. The molecule has 1 N–H and O–H groups in total. The first-order chi connectivity index (χ1) is 7.66. The number of carbonyl (C=O) groups is 2. The molecule has 1 saturated heterocycles. The van der Waals surface area contributed by atoms with Gasteiger partial charge in [-0.3, -0.25) is 4.79 Å². The van der Waals surface area contributed by atoms with Gasteiger partial charge in [0.1, 0.15) is 6.04 Å². The third-order valence-electron chi connectivity index (χ3n) is 4.41. The molecule has 2 aliphatic carbocycles. The minimum atomic E-state index is -0.839. The molecule has 16 heavy (non-hydrogen) atoms. The Hall–Kier alpha value is -1.06. The van der Waals surface area contributed by atoms with E-state index >= 15 is 0 Å². The number of carbonyl (C=O) groups excluding carboxylic acids is 1. The molecular formula is C12H17NO3. The Morgan fingerprint density at radius 1 is 1.12 bits per heavy atom. The Kier molecular flexibility index (Phi) is 2.19. The number of rotatable bonds is 2. The van der Waals surface area contributed by atoms with E-state index in [-0.39, 0.29) is 11.8 Å². The molecule has 3 unspecified atom stereocenters. The van der Waals surface area contributed by atoms with Crippen molar-refractivity contribution in [3.05, 3.63) is 0 Å². The molecule has 3 fully saturated rings. The van der Waals surface area contributed by atoms with Gasteiger partial charge in [0.25, 0.3) is 0 Å². The van der Waals surface area contributed by atoms with Crippen molar-refractivity contribution in [1.82, 2.24) is 4.90 Å². The molecule has 0 aromatic carbocycles. The highest BCUT2D eigenvalue weighted by molar-refractivity contribution is 5.86. The number of amides is 1. The summed E-state index contributed by atoms with van der Waals surface area (Å²) in [5.74, 6) is 0.953. The molecule has 3 atom stereocenters. The lowest BCUT2D eigenvalue weighted by atomic mass is 10.0. The van der Waals surface area contributed by atoms with Crippen molar-refractivity contribution in [2.75, 3.05) is 6.54 Å². The van der Waals surface area contributed by atoms with Gasteiger partial charge >= 0.3 is 5.97 Å². The predicted molar refractivity (Wildman–Crippen MR) is 56.7 cm³/mol. The van der Waals surface area contributed by atoms with Crippen molar-refractivity contribution in [3.8, 4) is 0 Å². The zero-order chi connectivity index (χ0) is 11.3. The van der Waals surface area contributed by atoms with Crippen LogP contribution in [0.4, 0.5) is 0 Å².